The lowest BCUT2D eigenvalue weighted by Gasteiger charge is -2.38. The van der Waals surface area contributed by atoms with Crippen molar-refractivity contribution in [3.63, 3.8) is 0 Å². The van der Waals surface area contributed by atoms with E-state index in [0.717, 1.165) is 0 Å². The van der Waals surface area contributed by atoms with Gasteiger partial charge in [0.1, 0.15) is 0 Å². The molecule has 1 atom stereocenters. The molecule has 0 bridgehead atoms. The SMILES string of the molecule is CC(C)C1(Cc2csc3ccccc23)CCCCCN1. The number of hydrogen-bond acceptors (Lipinski definition) is 2. The predicted molar refractivity (Wildman–Crippen MR) is 89.6 cm³/mol. The molecule has 3 rings (SSSR count). The topological polar surface area (TPSA) is 12.0 Å². The van der Waals surface area contributed by atoms with Crippen molar-refractivity contribution in [2.24, 2.45) is 5.92 Å². The zero-order valence-electron chi connectivity index (χ0n) is 12.6. The van der Waals surface area contributed by atoms with E-state index in [-0.39, 0.29) is 0 Å². The Labute approximate surface area is 126 Å². The minimum Gasteiger partial charge on any atom is -0.311 e. The van der Waals surface area contributed by atoms with Crippen molar-refractivity contribution in [2.45, 2.75) is 51.5 Å². The largest absolute Gasteiger partial charge is 0.311 e. The third kappa shape index (κ3) is 2.64. The molecule has 1 aromatic carbocycles. The van der Waals surface area contributed by atoms with Crippen molar-refractivity contribution < 1.29 is 0 Å². The highest BCUT2D eigenvalue weighted by atomic mass is 32.1. The zero-order valence-corrected chi connectivity index (χ0v) is 13.4. The lowest BCUT2D eigenvalue weighted by Crippen LogP contribution is -2.50. The van der Waals surface area contributed by atoms with Gasteiger partial charge in [-0.05, 0) is 54.1 Å². The average molecular weight is 287 g/mol. The van der Waals surface area contributed by atoms with Gasteiger partial charge in [0.05, 0.1) is 0 Å². The second-order valence-electron chi connectivity index (χ2n) is 6.48. The first-order valence-electron chi connectivity index (χ1n) is 7.91. The molecule has 1 N–H and O–H groups in total. The molecule has 0 radical (unpaired) electrons. The van der Waals surface area contributed by atoms with Gasteiger partial charge < -0.3 is 5.32 Å². The summed E-state index contributed by atoms with van der Waals surface area (Å²) in [5, 5.41) is 7.74. The standard InChI is InChI=1S/C18H25NS/c1-14(2)18(10-6-3-7-11-19-18)12-15-13-20-17-9-5-4-8-16(15)17/h4-5,8-9,13-14,19H,3,6-7,10-12H2,1-2H3. The third-order valence-corrected chi connectivity index (χ3v) is 5.96. The first-order chi connectivity index (χ1) is 9.71. The van der Waals surface area contributed by atoms with Crippen LogP contribution in [0.5, 0.6) is 0 Å². The van der Waals surface area contributed by atoms with E-state index < -0.39 is 0 Å². The van der Waals surface area contributed by atoms with E-state index in [9.17, 15) is 0 Å². The molecule has 1 saturated heterocycles. The Morgan fingerprint density at radius 2 is 2.05 bits per heavy atom. The quantitative estimate of drug-likeness (QED) is 0.837. The molecule has 2 heteroatoms. The summed E-state index contributed by atoms with van der Waals surface area (Å²) in [6, 6.07) is 8.84. The molecule has 0 spiro atoms. The third-order valence-electron chi connectivity index (χ3n) is 4.95. The van der Waals surface area contributed by atoms with Crippen molar-refractivity contribution in [1.29, 1.82) is 0 Å². The highest BCUT2D eigenvalue weighted by Gasteiger charge is 2.34. The first-order valence-corrected chi connectivity index (χ1v) is 8.79. The minimum atomic E-state index is 0.292. The number of nitrogens with one attached hydrogen (secondary N) is 1. The van der Waals surface area contributed by atoms with Crippen molar-refractivity contribution >= 4 is 21.4 Å². The lowest BCUT2D eigenvalue weighted by atomic mass is 9.77. The summed E-state index contributed by atoms with van der Waals surface area (Å²) in [7, 11) is 0. The smallest absolute Gasteiger partial charge is 0.0345 e. The van der Waals surface area contributed by atoms with Gasteiger partial charge in [0.25, 0.3) is 0 Å². The molecule has 0 saturated carbocycles. The maximum Gasteiger partial charge on any atom is 0.0345 e. The Kier molecular flexibility index (Phi) is 4.13. The van der Waals surface area contributed by atoms with Crippen LogP contribution in [0.15, 0.2) is 29.6 Å². The Morgan fingerprint density at radius 1 is 1.20 bits per heavy atom. The van der Waals surface area contributed by atoms with Crippen LogP contribution in [0.1, 0.15) is 45.1 Å². The van der Waals surface area contributed by atoms with Gasteiger partial charge in [-0.15, -0.1) is 11.3 Å². The second-order valence-corrected chi connectivity index (χ2v) is 7.39. The Hall–Kier alpha value is -0.860. The van der Waals surface area contributed by atoms with Gasteiger partial charge in [-0.1, -0.05) is 44.9 Å². The Bertz CT molecular complexity index is 562. The Balaban J connectivity index is 1.93. The molecule has 1 aliphatic heterocycles. The van der Waals surface area contributed by atoms with Crippen LogP contribution in [-0.4, -0.2) is 12.1 Å². The van der Waals surface area contributed by atoms with Crippen LogP contribution in [0.2, 0.25) is 0 Å². The van der Waals surface area contributed by atoms with Crippen LogP contribution in [0.4, 0.5) is 0 Å². The summed E-state index contributed by atoms with van der Waals surface area (Å²) < 4.78 is 1.43. The molecule has 2 heterocycles. The maximum absolute atomic E-state index is 3.90. The van der Waals surface area contributed by atoms with E-state index in [2.05, 4.69) is 48.8 Å². The molecule has 1 aliphatic rings. The maximum atomic E-state index is 3.90. The fraction of sp³-hybridized carbons (Fsp3) is 0.556. The lowest BCUT2D eigenvalue weighted by molar-refractivity contribution is 0.226. The van der Waals surface area contributed by atoms with Crippen molar-refractivity contribution in [3.8, 4) is 0 Å². The predicted octanol–water partition coefficient (Wildman–Crippen LogP) is 5.00. The summed E-state index contributed by atoms with van der Waals surface area (Å²) in [6.45, 7) is 5.94. The van der Waals surface area contributed by atoms with E-state index in [1.54, 1.807) is 0 Å². The van der Waals surface area contributed by atoms with Crippen LogP contribution in [0, 0.1) is 5.92 Å². The molecule has 1 nitrogen and oxygen atoms in total. The molecule has 2 aromatic rings. The van der Waals surface area contributed by atoms with Crippen molar-refractivity contribution in [2.75, 3.05) is 6.54 Å². The molecule has 1 aromatic heterocycles. The van der Waals surface area contributed by atoms with Crippen molar-refractivity contribution in [3.05, 3.63) is 35.2 Å². The van der Waals surface area contributed by atoms with Gasteiger partial charge in [-0.3, -0.25) is 0 Å². The van der Waals surface area contributed by atoms with Crippen LogP contribution in [0.25, 0.3) is 10.1 Å². The average Bonchev–Trinajstić information content (AvgIpc) is 2.69. The van der Waals surface area contributed by atoms with Gasteiger partial charge in [-0.2, -0.15) is 0 Å². The zero-order chi connectivity index (χ0) is 14.0. The summed E-state index contributed by atoms with van der Waals surface area (Å²) in [5.74, 6) is 0.680. The van der Waals surface area contributed by atoms with Crippen LogP contribution in [-0.2, 0) is 6.42 Å². The molecule has 20 heavy (non-hydrogen) atoms. The van der Waals surface area contributed by atoms with Crippen molar-refractivity contribution in [1.82, 2.24) is 5.32 Å². The van der Waals surface area contributed by atoms with Gasteiger partial charge in [0.15, 0.2) is 0 Å². The van der Waals surface area contributed by atoms with Gasteiger partial charge >= 0.3 is 0 Å². The monoisotopic (exact) mass is 287 g/mol. The van der Waals surface area contributed by atoms with Gasteiger partial charge in [0, 0.05) is 10.2 Å². The molecular formula is C18H25NS. The van der Waals surface area contributed by atoms with E-state index in [0.29, 0.717) is 11.5 Å². The van der Waals surface area contributed by atoms with E-state index in [1.165, 1.54) is 54.3 Å². The van der Waals surface area contributed by atoms with Gasteiger partial charge in [-0.25, -0.2) is 0 Å². The van der Waals surface area contributed by atoms with E-state index in [4.69, 9.17) is 0 Å². The molecule has 108 valence electrons. The Morgan fingerprint density at radius 3 is 2.90 bits per heavy atom. The highest BCUT2D eigenvalue weighted by Crippen LogP contribution is 2.34. The highest BCUT2D eigenvalue weighted by molar-refractivity contribution is 7.17. The fourth-order valence-electron chi connectivity index (χ4n) is 3.53. The molecule has 0 amide bonds. The molecular weight excluding hydrogens is 262 g/mol. The van der Waals surface area contributed by atoms with E-state index in [1.807, 2.05) is 11.3 Å². The van der Waals surface area contributed by atoms with Crippen LogP contribution >= 0.6 is 11.3 Å². The fourth-order valence-corrected chi connectivity index (χ4v) is 4.49. The van der Waals surface area contributed by atoms with Crippen LogP contribution < -0.4 is 5.32 Å². The summed E-state index contributed by atoms with van der Waals surface area (Å²) in [6.07, 6.45) is 6.57. The molecule has 1 unspecified atom stereocenters. The summed E-state index contributed by atoms with van der Waals surface area (Å²) >= 11 is 1.89. The van der Waals surface area contributed by atoms with Crippen LogP contribution in [0.3, 0.4) is 0 Å². The van der Waals surface area contributed by atoms with E-state index >= 15 is 0 Å². The number of hydrogen-bond donors (Lipinski definition) is 1. The van der Waals surface area contributed by atoms with Gasteiger partial charge in [0.2, 0.25) is 0 Å². The minimum absolute atomic E-state index is 0.292. The first kappa shape index (κ1) is 14.1. The normalized spacial score (nSPS) is 24.1. The molecule has 1 fully saturated rings. The number of benzene rings is 1. The number of thiophene rings is 1. The summed E-state index contributed by atoms with van der Waals surface area (Å²) in [5.41, 5.74) is 1.83. The number of rotatable bonds is 3. The molecule has 0 aliphatic carbocycles. The second kappa shape index (κ2) is 5.87. The number of fused-ring (bicyclic) bond motifs is 1. The summed E-state index contributed by atoms with van der Waals surface area (Å²) in [4.78, 5) is 0.